The molecule has 3 rings (SSSR count). The van der Waals surface area contributed by atoms with Crippen molar-refractivity contribution in [2.24, 2.45) is 0 Å². The molecule has 1 aliphatic rings. The Hall–Kier alpha value is -1.80. The number of benzene rings is 2. The Morgan fingerprint density at radius 1 is 1.10 bits per heavy atom. The Labute approximate surface area is 120 Å². The van der Waals surface area contributed by atoms with Crippen molar-refractivity contribution in [3.05, 3.63) is 65.2 Å². The maximum atomic E-state index is 10.1. The molecule has 1 fully saturated rings. The number of hydrogen-bond acceptors (Lipinski definition) is 2. The molecule has 1 saturated heterocycles. The number of hydrogen-bond donors (Lipinski definition) is 1. The van der Waals surface area contributed by atoms with E-state index in [0.29, 0.717) is 11.7 Å². The molecule has 0 radical (unpaired) electrons. The lowest BCUT2D eigenvalue weighted by atomic mass is 9.99. The molecule has 2 heteroatoms. The molecule has 104 valence electrons. The second-order valence-electron chi connectivity index (χ2n) is 5.71. The van der Waals surface area contributed by atoms with Crippen LogP contribution in [0.25, 0.3) is 0 Å². The van der Waals surface area contributed by atoms with Gasteiger partial charge < -0.3 is 5.11 Å². The summed E-state index contributed by atoms with van der Waals surface area (Å²) in [5.74, 6) is 1.08. The van der Waals surface area contributed by atoms with E-state index >= 15 is 0 Å². The van der Waals surface area contributed by atoms with Crippen LogP contribution in [0.4, 0.5) is 0 Å². The van der Waals surface area contributed by atoms with Crippen molar-refractivity contribution in [3.8, 4) is 5.75 Å². The fourth-order valence-electron chi connectivity index (χ4n) is 3.06. The van der Waals surface area contributed by atoms with Crippen LogP contribution in [0, 0.1) is 6.92 Å². The topological polar surface area (TPSA) is 23.5 Å². The maximum absolute atomic E-state index is 10.1. The molecular formula is C18H21NO. The summed E-state index contributed by atoms with van der Waals surface area (Å²) in [6.07, 6.45) is 1.20. The van der Waals surface area contributed by atoms with Crippen molar-refractivity contribution >= 4 is 0 Å². The smallest absolute Gasteiger partial charge is 0.122 e. The van der Waals surface area contributed by atoms with Crippen molar-refractivity contribution in [1.82, 2.24) is 4.90 Å². The molecule has 0 bridgehead atoms. The Morgan fingerprint density at radius 2 is 1.90 bits per heavy atom. The number of phenolic OH excluding ortho intramolecular Hbond substituents is 1. The number of phenols is 1. The van der Waals surface area contributed by atoms with Crippen LogP contribution in [0.3, 0.4) is 0 Å². The van der Waals surface area contributed by atoms with Gasteiger partial charge in [0, 0.05) is 18.7 Å². The normalized spacial score (nSPS) is 19.4. The van der Waals surface area contributed by atoms with Crippen LogP contribution in [-0.2, 0) is 6.54 Å². The fourth-order valence-corrected chi connectivity index (χ4v) is 3.06. The first-order valence-corrected chi connectivity index (χ1v) is 7.29. The molecule has 2 nitrogen and oxygen atoms in total. The minimum Gasteiger partial charge on any atom is -0.507 e. The highest BCUT2D eigenvalue weighted by atomic mass is 16.3. The highest BCUT2D eigenvalue weighted by Crippen LogP contribution is 2.30. The number of rotatable bonds is 3. The monoisotopic (exact) mass is 267 g/mol. The summed E-state index contributed by atoms with van der Waals surface area (Å²) in [7, 11) is 0. The molecule has 0 amide bonds. The molecule has 2 aromatic carbocycles. The highest BCUT2D eigenvalue weighted by molar-refractivity contribution is 5.39. The van der Waals surface area contributed by atoms with E-state index in [-0.39, 0.29) is 0 Å². The Balaban J connectivity index is 1.68. The van der Waals surface area contributed by atoms with E-state index in [1.807, 2.05) is 25.1 Å². The average Bonchev–Trinajstić information content (AvgIpc) is 2.93. The maximum Gasteiger partial charge on any atom is 0.122 e. The van der Waals surface area contributed by atoms with Crippen LogP contribution in [-0.4, -0.2) is 23.1 Å². The minimum absolute atomic E-state index is 0.454. The van der Waals surface area contributed by atoms with Crippen LogP contribution in [0.15, 0.2) is 48.5 Å². The Morgan fingerprint density at radius 3 is 2.70 bits per heavy atom. The van der Waals surface area contributed by atoms with Crippen LogP contribution < -0.4 is 0 Å². The zero-order chi connectivity index (χ0) is 13.9. The predicted octanol–water partition coefficient (Wildman–Crippen LogP) is 3.69. The minimum atomic E-state index is 0.454. The Kier molecular flexibility index (Phi) is 3.75. The summed E-state index contributed by atoms with van der Waals surface area (Å²) in [5.41, 5.74) is 3.43. The molecule has 1 N–H and O–H groups in total. The first kappa shape index (κ1) is 13.2. The number of aryl methyl sites for hydroxylation is 1. The summed E-state index contributed by atoms with van der Waals surface area (Å²) < 4.78 is 0. The molecule has 1 aliphatic heterocycles. The summed E-state index contributed by atoms with van der Waals surface area (Å²) in [4.78, 5) is 2.44. The molecule has 0 aromatic heterocycles. The van der Waals surface area contributed by atoms with Gasteiger partial charge >= 0.3 is 0 Å². The third-order valence-corrected chi connectivity index (χ3v) is 4.26. The molecule has 1 heterocycles. The SMILES string of the molecule is Cc1cccc(CN2CCC(c3ccccc3)C2)c1O. The fraction of sp³-hybridized carbons (Fsp3) is 0.333. The van der Waals surface area contributed by atoms with Gasteiger partial charge in [0.2, 0.25) is 0 Å². The lowest BCUT2D eigenvalue weighted by Gasteiger charge is -2.17. The van der Waals surface area contributed by atoms with Gasteiger partial charge in [0.1, 0.15) is 5.75 Å². The molecular weight excluding hydrogens is 246 g/mol. The quantitative estimate of drug-likeness (QED) is 0.916. The lowest BCUT2D eigenvalue weighted by molar-refractivity contribution is 0.319. The molecule has 2 aromatic rings. The van der Waals surface area contributed by atoms with Gasteiger partial charge in [-0.05, 0) is 36.9 Å². The molecule has 20 heavy (non-hydrogen) atoms. The highest BCUT2D eigenvalue weighted by Gasteiger charge is 2.24. The van der Waals surface area contributed by atoms with Crippen LogP contribution >= 0.6 is 0 Å². The van der Waals surface area contributed by atoms with Crippen molar-refractivity contribution in [2.45, 2.75) is 25.8 Å². The molecule has 0 aliphatic carbocycles. The molecule has 1 atom stereocenters. The summed E-state index contributed by atoms with van der Waals surface area (Å²) >= 11 is 0. The zero-order valence-electron chi connectivity index (χ0n) is 11.9. The predicted molar refractivity (Wildman–Crippen MR) is 81.9 cm³/mol. The Bertz CT molecular complexity index is 579. The first-order chi connectivity index (χ1) is 9.74. The van der Waals surface area contributed by atoms with E-state index in [1.165, 1.54) is 12.0 Å². The van der Waals surface area contributed by atoms with Crippen molar-refractivity contribution in [2.75, 3.05) is 13.1 Å². The largest absolute Gasteiger partial charge is 0.507 e. The van der Waals surface area contributed by atoms with Gasteiger partial charge in [-0.25, -0.2) is 0 Å². The summed E-state index contributed by atoms with van der Waals surface area (Å²) in [6.45, 7) is 4.98. The average molecular weight is 267 g/mol. The van der Waals surface area contributed by atoms with Crippen LogP contribution in [0.1, 0.15) is 29.0 Å². The summed E-state index contributed by atoms with van der Waals surface area (Å²) in [6, 6.07) is 16.7. The van der Waals surface area contributed by atoms with Gasteiger partial charge in [-0.1, -0.05) is 48.5 Å². The van der Waals surface area contributed by atoms with E-state index in [0.717, 1.165) is 30.8 Å². The van der Waals surface area contributed by atoms with Gasteiger partial charge in [-0.2, -0.15) is 0 Å². The number of nitrogens with zero attached hydrogens (tertiary/aromatic N) is 1. The van der Waals surface area contributed by atoms with Crippen molar-refractivity contribution in [3.63, 3.8) is 0 Å². The van der Waals surface area contributed by atoms with Crippen molar-refractivity contribution < 1.29 is 5.11 Å². The van der Waals surface area contributed by atoms with Crippen molar-refractivity contribution in [1.29, 1.82) is 0 Å². The van der Waals surface area contributed by atoms with Crippen LogP contribution in [0.5, 0.6) is 5.75 Å². The van der Waals surface area contributed by atoms with Gasteiger partial charge in [-0.3, -0.25) is 4.90 Å². The molecule has 0 saturated carbocycles. The van der Waals surface area contributed by atoms with E-state index in [4.69, 9.17) is 0 Å². The second-order valence-corrected chi connectivity index (χ2v) is 5.71. The van der Waals surface area contributed by atoms with E-state index in [1.54, 1.807) is 0 Å². The number of para-hydroxylation sites is 1. The summed E-state index contributed by atoms with van der Waals surface area (Å²) in [5, 5.41) is 10.1. The van der Waals surface area contributed by atoms with Gasteiger partial charge in [0.05, 0.1) is 0 Å². The third kappa shape index (κ3) is 2.70. The zero-order valence-corrected chi connectivity index (χ0v) is 11.9. The lowest BCUT2D eigenvalue weighted by Crippen LogP contribution is -2.19. The third-order valence-electron chi connectivity index (χ3n) is 4.26. The van der Waals surface area contributed by atoms with Crippen LogP contribution in [0.2, 0.25) is 0 Å². The molecule has 1 unspecified atom stereocenters. The number of aromatic hydroxyl groups is 1. The van der Waals surface area contributed by atoms with Gasteiger partial charge in [-0.15, -0.1) is 0 Å². The van der Waals surface area contributed by atoms with Gasteiger partial charge in [0.15, 0.2) is 0 Å². The van der Waals surface area contributed by atoms with E-state index < -0.39 is 0 Å². The van der Waals surface area contributed by atoms with E-state index in [9.17, 15) is 5.11 Å². The standard InChI is InChI=1S/C18H21NO/c1-14-6-5-9-17(18(14)20)13-19-11-10-16(12-19)15-7-3-2-4-8-15/h2-9,16,20H,10-13H2,1H3. The first-order valence-electron chi connectivity index (χ1n) is 7.29. The molecule has 0 spiro atoms. The number of likely N-dealkylation sites (tertiary alicyclic amines) is 1. The van der Waals surface area contributed by atoms with E-state index in [2.05, 4.69) is 35.2 Å². The van der Waals surface area contributed by atoms with Gasteiger partial charge in [0.25, 0.3) is 0 Å². The second kappa shape index (κ2) is 5.68.